The van der Waals surface area contributed by atoms with Crippen LogP contribution in [0.4, 0.5) is 4.39 Å². The molecule has 1 N–H and O–H groups in total. The number of pyridine rings is 1. The van der Waals surface area contributed by atoms with E-state index in [0.29, 0.717) is 60.4 Å². The van der Waals surface area contributed by atoms with Crippen LogP contribution in [0.1, 0.15) is 121 Å². The molecule has 2 aromatic heterocycles. The van der Waals surface area contributed by atoms with E-state index in [1.807, 2.05) is 55.6 Å². The third-order valence-electron chi connectivity index (χ3n) is 13.5. The average Bonchev–Trinajstić information content (AvgIpc) is 3.99. The van der Waals surface area contributed by atoms with Gasteiger partial charge < -0.3 is 14.4 Å². The molecule has 2 saturated carbocycles. The van der Waals surface area contributed by atoms with Gasteiger partial charge in [-0.3, -0.25) is 19.1 Å². The number of ketones is 1. The van der Waals surface area contributed by atoms with Crippen LogP contribution >= 0.6 is 11.3 Å². The van der Waals surface area contributed by atoms with Crippen LogP contribution in [0.5, 0.6) is 11.5 Å². The fourth-order valence-corrected chi connectivity index (χ4v) is 11.6. The van der Waals surface area contributed by atoms with Crippen LogP contribution < -0.4 is 14.2 Å². The molecule has 63 heavy (non-hydrogen) atoms. The van der Waals surface area contributed by atoms with Crippen LogP contribution in [-0.4, -0.2) is 71.4 Å². The number of hydrogen-bond donors (Lipinski definition) is 1. The maximum absolute atomic E-state index is 15.0. The van der Waals surface area contributed by atoms with Crippen molar-refractivity contribution in [1.29, 1.82) is 0 Å². The number of Topliss-reactive ketones (excluding diaryl/α,β-unsaturated/α-hetero) is 1. The van der Waals surface area contributed by atoms with E-state index >= 15 is 4.79 Å². The molecule has 2 aliphatic heterocycles. The second kappa shape index (κ2) is 18.1. The molecule has 11 nitrogen and oxygen atoms in total. The summed E-state index contributed by atoms with van der Waals surface area (Å²) in [5.74, 6) is -0.992. The van der Waals surface area contributed by atoms with Gasteiger partial charge in [-0.2, -0.15) is 0 Å². The predicted octanol–water partition coefficient (Wildman–Crippen LogP) is 9.57. The average molecular weight is 901 g/mol. The molecule has 0 radical (unpaired) electrons. The van der Waals surface area contributed by atoms with Gasteiger partial charge in [-0.05, 0) is 113 Å². The first-order valence-electron chi connectivity index (χ1n) is 21.9. The van der Waals surface area contributed by atoms with E-state index in [9.17, 15) is 22.4 Å². The fourth-order valence-electron chi connectivity index (χ4n) is 9.29. The number of carbonyl (C=O) groups is 3. The molecule has 0 spiro atoms. The van der Waals surface area contributed by atoms with E-state index in [1.54, 1.807) is 18.9 Å². The third kappa shape index (κ3) is 9.44. The van der Waals surface area contributed by atoms with Crippen molar-refractivity contribution in [1.82, 2.24) is 19.6 Å². The molecule has 2 aromatic carbocycles. The van der Waals surface area contributed by atoms with Crippen LogP contribution in [0.25, 0.3) is 21.6 Å². The molecule has 3 fully saturated rings. The smallest absolute Gasteiger partial charge is 0.240 e. The Morgan fingerprint density at radius 3 is 2.54 bits per heavy atom. The minimum Gasteiger partial charge on any atom is -0.496 e. The van der Waals surface area contributed by atoms with Gasteiger partial charge in [0.25, 0.3) is 0 Å². The number of allylic oxidation sites excluding steroid dienone is 2. The first kappa shape index (κ1) is 46.3. The standard InChI is InChI=1S/C48H57FN4O7S2.CH4/c1-28(2)38-27-61-44(51-38)37-23-42(36-14-15-41(59-6)30(4)43(36)50-37)60-35-22-39-40(54)25-48(46(56)52-62(57,58)47(5)16-17-47)24-33(48)13-11-9-7-8-10-12-32(45(55)53(39)26-35)20-31-18-29(3)19-34(49)21-31;/h11,13-15,18-19,21,23,27-28,32-33,35,39H,7-10,12,16-17,20,22,24-26H2,1-6H3,(H,52,56);1H4/b13-11-;/t32-,33-,35-,39+,48-;/m1./s1. The number of methoxy groups -OCH3 is 1. The number of rotatable bonds is 10. The van der Waals surface area contributed by atoms with E-state index in [2.05, 4.69) is 18.6 Å². The highest BCUT2D eigenvalue weighted by Crippen LogP contribution is 2.58. The highest BCUT2D eigenvalue weighted by molar-refractivity contribution is 7.91. The summed E-state index contributed by atoms with van der Waals surface area (Å²) < 4.78 is 55.3. The number of thiazole rings is 1. The lowest BCUT2D eigenvalue weighted by atomic mass is 9.89. The van der Waals surface area contributed by atoms with Crippen molar-refractivity contribution in [3.8, 4) is 22.2 Å². The molecule has 338 valence electrons. The van der Waals surface area contributed by atoms with Gasteiger partial charge in [0.2, 0.25) is 21.8 Å². The van der Waals surface area contributed by atoms with Gasteiger partial charge >= 0.3 is 0 Å². The summed E-state index contributed by atoms with van der Waals surface area (Å²) in [5.41, 5.74) is 3.30. The molecular weight excluding hydrogens is 840 g/mol. The van der Waals surface area contributed by atoms with Gasteiger partial charge in [0.05, 0.1) is 41.1 Å². The number of nitrogens with zero attached hydrogens (tertiary/aromatic N) is 3. The minimum absolute atomic E-state index is 0. The number of benzene rings is 2. The Hall–Kier alpha value is -4.69. The zero-order chi connectivity index (χ0) is 44.1. The van der Waals surface area contributed by atoms with E-state index < -0.39 is 44.2 Å². The zero-order valence-corrected chi connectivity index (χ0v) is 38.1. The van der Waals surface area contributed by atoms with Crippen molar-refractivity contribution in [3.05, 3.63) is 82.1 Å². The van der Waals surface area contributed by atoms with E-state index in [1.165, 1.54) is 23.5 Å². The van der Waals surface area contributed by atoms with Crippen LogP contribution in [-0.2, 0) is 30.8 Å². The molecule has 14 heteroatoms. The number of carbonyl (C=O) groups excluding carboxylic acids is 3. The van der Waals surface area contributed by atoms with Gasteiger partial charge in [-0.1, -0.05) is 52.3 Å². The third-order valence-corrected chi connectivity index (χ3v) is 16.6. The summed E-state index contributed by atoms with van der Waals surface area (Å²) in [6.07, 6.45) is 8.67. The van der Waals surface area contributed by atoms with Crippen molar-refractivity contribution in [2.75, 3.05) is 13.7 Å². The Balaban J connectivity index is 0.00000595. The molecule has 4 aromatic rings. The molecule has 0 bridgehead atoms. The van der Waals surface area contributed by atoms with Crippen molar-refractivity contribution in [2.24, 2.45) is 17.3 Å². The van der Waals surface area contributed by atoms with Crippen LogP contribution in [0, 0.1) is 36.9 Å². The van der Waals surface area contributed by atoms with Gasteiger partial charge in [0.15, 0.2) is 5.78 Å². The highest BCUT2D eigenvalue weighted by Gasteiger charge is 2.62. The topological polar surface area (TPSA) is 145 Å². The lowest BCUT2D eigenvalue weighted by molar-refractivity contribution is -0.142. The SMILES string of the molecule is C.COc1ccc2c(O[C@@H]3C[C@H]4C(=O)C[C@]5(C(=O)NS(=O)(=O)C6(C)CC6)C[C@H]5/C=C\CCCCC[C@H](Cc5cc(C)cc(F)c5)C(=O)N4C3)cc(-c3nc(C(C)C)cs3)nc2c1C. The lowest BCUT2D eigenvalue weighted by Gasteiger charge is -2.29. The van der Waals surface area contributed by atoms with E-state index in [0.717, 1.165) is 52.9 Å². The molecule has 0 unspecified atom stereocenters. The molecule has 5 atom stereocenters. The van der Waals surface area contributed by atoms with Crippen molar-refractivity contribution >= 4 is 49.9 Å². The maximum atomic E-state index is 15.0. The molecule has 4 heterocycles. The number of aryl methyl sites for hydroxylation is 2. The normalized spacial score (nSPS) is 25.3. The molecule has 2 aliphatic carbocycles. The zero-order valence-electron chi connectivity index (χ0n) is 36.5. The summed E-state index contributed by atoms with van der Waals surface area (Å²) in [6.45, 7) is 9.67. The Bertz CT molecular complexity index is 2530. The maximum Gasteiger partial charge on any atom is 0.240 e. The largest absolute Gasteiger partial charge is 0.496 e. The Kier molecular flexibility index (Phi) is 13.3. The number of hydrogen-bond acceptors (Lipinski definition) is 10. The second-order valence-electron chi connectivity index (χ2n) is 18.6. The highest BCUT2D eigenvalue weighted by atomic mass is 32.2. The molecule has 8 rings (SSSR count). The number of ether oxygens (including phenoxy) is 2. The molecule has 1 saturated heterocycles. The monoisotopic (exact) mass is 900 g/mol. The summed E-state index contributed by atoms with van der Waals surface area (Å²) in [7, 11) is -2.35. The quantitative estimate of drug-likeness (QED) is 0.154. The molecule has 4 aliphatic rings. The van der Waals surface area contributed by atoms with Crippen molar-refractivity contribution in [3.63, 3.8) is 0 Å². The number of sulfonamides is 1. The van der Waals surface area contributed by atoms with Gasteiger partial charge in [-0.25, -0.2) is 22.8 Å². The molecular formula is C49H61FN4O7S2. The predicted molar refractivity (Wildman–Crippen MR) is 245 cm³/mol. The van der Waals surface area contributed by atoms with Crippen molar-refractivity contribution in [2.45, 2.75) is 135 Å². The van der Waals surface area contributed by atoms with Gasteiger partial charge in [-0.15, -0.1) is 11.3 Å². The van der Waals surface area contributed by atoms with Gasteiger partial charge in [0, 0.05) is 41.2 Å². The molecule has 2 amide bonds. The number of nitrogens with one attached hydrogen (secondary N) is 1. The van der Waals surface area contributed by atoms with Crippen molar-refractivity contribution < 1.29 is 36.7 Å². The summed E-state index contributed by atoms with van der Waals surface area (Å²) in [6, 6.07) is 9.53. The first-order valence-corrected chi connectivity index (χ1v) is 24.3. The Morgan fingerprint density at radius 1 is 1.06 bits per heavy atom. The Labute approximate surface area is 375 Å². The number of amides is 2. The number of aromatic nitrogens is 2. The van der Waals surface area contributed by atoms with Crippen LogP contribution in [0.2, 0.25) is 0 Å². The minimum atomic E-state index is -3.96. The van der Waals surface area contributed by atoms with Crippen LogP contribution in [0.3, 0.4) is 0 Å². The Morgan fingerprint density at radius 2 is 1.84 bits per heavy atom. The first-order chi connectivity index (χ1) is 29.5. The number of fused-ring (bicyclic) bond motifs is 3. The summed E-state index contributed by atoms with van der Waals surface area (Å²) >= 11 is 1.50. The summed E-state index contributed by atoms with van der Waals surface area (Å²) in [5, 5.41) is 3.50. The second-order valence-corrected chi connectivity index (χ2v) is 21.7. The lowest BCUT2D eigenvalue weighted by Crippen LogP contribution is -2.47. The number of halogens is 1. The fraction of sp³-hybridized carbons (Fsp3) is 0.531. The van der Waals surface area contributed by atoms with E-state index in [4.69, 9.17) is 19.4 Å². The van der Waals surface area contributed by atoms with Crippen LogP contribution in [0.15, 0.2) is 53.9 Å². The summed E-state index contributed by atoms with van der Waals surface area (Å²) in [4.78, 5) is 55.6. The van der Waals surface area contributed by atoms with Gasteiger partial charge in [0.1, 0.15) is 34.1 Å². The van der Waals surface area contributed by atoms with E-state index in [-0.39, 0.29) is 56.2 Å².